The molecular formula is C22H18F3N5O. The Bertz CT molecular complexity index is 1140. The van der Waals surface area contributed by atoms with Gasteiger partial charge in [-0.2, -0.15) is 33.9 Å². The minimum Gasteiger partial charge on any atom is -0.391 e. The summed E-state index contributed by atoms with van der Waals surface area (Å²) in [5.74, 6) is 0. The van der Waals surface area contributed by atoms with Crippen LogP contribution in [0.25, 0.3) is 0 Å². The summed E-state index contributed by atoms with van der Waals surface area (Å²) in [4.78, 5) is 0. The minimum absolute atomic E-state index is 0.135. The largest absolute Gasteiger partial charge is 0.418 e. The number of aliphatic hydroxyl groups excluding tert-OH is 1. The van der Waals surface area contributed by atoms with Gasteiger partial charge in [0.05, 0.1) is 52.4 Å². The summed E-state index contributed by atoms with van der Waals surface area (Å²) in [5, 5.41) is 39.4. The lowest BCUT2D eigenvalue weighted by atomic mass is 9.96. The third-order valence-corrected chi connectivity index (χ3v) is 5.02. The van der Waals surface area contributed by atoms with Crippen LogP contribution >= 0.6 is 0 Å². The van der Waals surface area contributed by atoms with Gasteiger partial charge in [-0.3, -0.25) is 0 Å². The number of aliphatic hydroxyl groups is 1. The molecule has 31 heavy (non-hydrogen) atoms. The summed E-state index contributed by atoms with van der Waals surface area (Å²) in [6.07, 6.45) is -5.38. The van der Waals surface area contributed by atoms with Crippen molar-refractivity contribution >= 4 is 17.1 Å². The first-order valence-electron chi connectivity index (χ1n) is 9.35. The molecule has 0 unspecified atom stereocenters. The van der Waals surface area contributed by atoms with E-state index < -0.39 is 29.4 Å². The number of nitrogens with one attached hydrogen (secondary N) is 1. The van der Waals surface area contributed by atoms with E-state index in [2.05, 4.69) is 15.5 Å². The molecule has 0 fully saturated rings. The van der Waals surface area contributed by atoms with E-state index in [1.165, 1.54) is 19.9 Å². The highest BCUT2D eigenvalue weighted by Crippen LogP contribution is 2.37. The molecule has 0 aliphatic carbocycles. The van der Waals surface area contributed by atoms with Crippen LogP contribution in [0.1, 0.15) is 41.2 Å². The molecule has 2 N–H and O–H groups in total. The Balaban J connectivity index is 1.85. The maximum atomic E-state index is 13.5. The van der Waals surface area contributed by atoms with Crippen LogP contribution in [0.4, 0.5) is 18.9 Å². The van der Waals surface area contributed by atoms with Gasteiger partial charge in [0.1, 0.15) is 0 Å². The Morgan fingerprint density at radius 2 is 1.74 bits per heavy atom. The molecule has 0 saturated carbocycles. The average Bonchev–Trinajstić information content (AvgIpc) is 3.21. The van der Waals surface area contributed by atoms with Crippen molar-refractivity contribution in [3.05, 3.63) is 64.2 Å². The Hall–Kier alpha value is -3.69. The molecule has 6 nitrogen and oxygen atoms in total. The molecule has 1 aliphatic heterocycles. The van der Waals surface area contributed by atoms with E-state index in [4.69, 9.17) is 10.5 Å². The zero-order chi connectivity index (χ0) is 22.8. The predicted molar refractivity (Wildman–Crippen MR) is 110 cm³/mol. The fourth-order valence-electron chi connectivity index (χ4n) is 3.41. The normalized spacial score (nSPS) is 15.4. The number of alkyl halides is 3. The number of benzene rings is 2. The van der Waals surface area contributed by atoms with Crippen molar-refractivity contribution in [1.82, 2.24) is 0 Å². The third kappa shape index (κ3) is 4.57. The molecule has 2 aromatic carbocycles. The number of rotatable bonds is 5. The van der Waals surface area contributed by atoms with Crippen molar-refractivity contribution in [2.24, 2.45) is 10.2 Å². The fourth-order valence-corrected chi connectivity index (χ4v) is 3.41. The molecule has 0 radical (unpaired) electrons. The molecule has 3 rings (SSSR count). The van der Waals surface area contributed by atoms with Crippen LogP contribution in [0.5, 0.6) is 0 Å². The zero-order valence-corrected chi connectivity index (χ0v) is 16.7. The first-order chi connectivity index (χ1) is 14.7. The first-order valence-corrected chi connectivity index (χ1v) is 9.35. The van der Waals surface area contributed by atoms with E-state index in [9.17, 15) is 18.3 Å². The Labute approximate surface area is 177 Å². The van der Waals surface area contributed by atoms with Crippen LogP contribution in [0.15, 0.2) is 46.6 Å². The van der Waals surface area contributed by atoms with Crippen molar-refractivity contribution < 1.29 is 18.3 Å². The van der Waals surface area contributed by atoms with Crippen molar-refractivity contribution in [1.29, 1.82) is 10.5 Å². The van der Waals surface area contributed by atoms with Gasteiger partial charge in [-0.15, -0.1) is 0 Å². The van der Waals surface area contributed by atoms with Crippen molar-refractivity contribution in [2.45, 2.75) is 38.6 Å². The van der Waals surface area contributed by atoms with Gasteiger partial charge in [0, 0.05) is 12.1 Å². The molecule has 158 valence electrons. The summed E-state index contributed by atoms with van der Waals surface area (Å²) in [6.45, 7) is 2.78. The third-order valence-electron chi connectivity index (χ3n) is 5.02. The Kier molecular flexibility index (Phi) is 6.09. The topological polar surface area (TPSA) is 105 Å². The first kappa shape index (κ1) is 22.0. The van der Waals surface area contributed by atoms with Crippen LogP contribution in [0.3, 0.4) is 0 Å². The van der Waals surface area contributed by atoms with Crippen LogP contribution in [0.2, 0.25) is 0 Å². The number of halogens is 3. The number of hydrogen-bond acceptors (Lipinski definition) is 6. The van der Waals surface area contributed by atoms with Crippen molar-refractivity contribution in [3.63, 3.8) is 0 Å². The molecular weight excluding hydrogens is 407 g/mol. The number of hydrogen-bond donors (Lipinski definition) is 2. The Morgan fingerprint density at radius 3 is 2.29 bits per heavy atom. The molecule has 9 heteroatoms. The summed E-state index contributed by atoms with van der Waals surface area (Å²) < 4.78 is 40.4. The highest BCUT2D eigenvalue weighted by atomic mass is 19.4. The summed E-state index contributed by atoms with van der Waals surface area (Å²) in [7, 11) is 0. The van der Waals surface area contributed by atoms with Crippen LogP contribution in [-0.4, -0.2) is 28.7 Å². The highest BCUT2D eigenvalue weighted by molar-refractivity contribution is 6.17. The second kappa shape index (κ2) is 8.58. The van der Waals surface area contributed by atoms with E-state index in [0.29, 0.717) is 17.0 Å². The molecule has 0 aromatic heterocycles. The van der Waals surface area contributed by atoms with Gasteiger partial charge in [0.25, 0.3) is 0 Å². The number of anilines is 1. The van der Waals surface area contributed by atoms with E-state index in [1.807, 2.05) is 6.07 Å². The Morgan fingerprint density at radius 1 is 1.06 bits per heavy atom. The number of nitriles is 2. The van der Waals surface area contributed by atoms with Crippen LogP contribution in [-0.2, 0) is 6.18 Å². The molecule has 0 spiro atoms. The minimum atomic E-state index is -4.69. The van der Waals surface area contributed by atoms with Gasteiger partial charge in [-0.1, -0.05) is 12.1 Å². The highest BCUT2D eigenvalue weighted by Gasteiger charge is 2.37. The van der Waals surface area contributed by atoms with E-state index in [1.54, 1.807) is 30.3 Å². The van der Waals surface area contributed by atoms with Gasteiger partial charge < -0.3 is 10.4 Å². The molecule has 0 saturated heterocycles. The maximum Gasteiger partial charge on any atom is 0.418 e. The summed E-state index contributed by atoms with van der Waals surface area (Å²) in [5.41, 5.74) is 0.891. The second-order valence-corrected chi connectivity index (χ2v) is 7.14. The van der Waals surface area contributed by atoms with E-state index >= 15 is 0 Å². The second-order valence-electron chi connectivity index (χ2n) is 7.14. The van der Waals surface area contributed by atoms with Gasteiger partial charge in [-0.05, 0) is 49.2 Å². The average molecular weight is 425 g/mol. The fraction of sp³-hybridized carbons (Fsp3) is 0.273. The smallest absolute Gasteiger partial charge is 0.391 e. The van der Waals surface area contributed by atoms with Crippen LogP contribution in [0, 0.1) is 29.6 Å². The van der Waals surface area contributed by atoms with Crippen LogP contribution < -0.4 is 5.32 Å². The molecule has 1 heterocycles. The van der Waals surface area contributed by atoms with Gasteiger partial charge in [-0.25, -0.2) is 0 Å². The van der Waals surface area contributed by atoms with Crippen molar-refractivity contribution in [2.75, 3.05) is 5.32 Å². The SMILES string of the molecule is Cc1c(N[C@@H](C2=NN=C(c3ccc(C#N)cc3)C2)[C@@H](C)O)ccc(C#N)c1C(F)(F)F. The molecule has 0 bridgehead atoms. The lowest BCUT2D eigenvalue weighted by Gasteiger charge is -2.25. The van der Waals surface area contributed by atoms with E-state index in [-0.39, 0.29) is 17.7 Å². The summed E-state index contributed by atoms with van der Waals surface area (Å²) in [6, 6.07) is 12.1. The van der Waals surface area contributed by atoms with E-state index in [0.717, 1.165) is 11.6 Å². The van der Waals surface area contributed by atoms with Gasteiger partial charge >= 0.3 is 6.18 Å². The zero-order valence-electron chi connectivity index (χ0n) is 16.7. The molecule has 0 amide bonds. The lowest BCUT2D eigenvalue weighted by Crippen LogP contribution is -2.39. The maximum absolute atomic E-state index is 13.5. The monoisotopic (exact) mass is 425 g/mol. The standard InChI is InChI=1S/C22H18F3N5O/c1-12-17(8-7-16(11-27)20(12)22(23,24)25)28-21(13(2)31)19-9-18(29-30-19)15-5-3-14(10-26)4-6-15/h3-8,13,21,28,31H,9H2,1-2H3/t13-,21-/m1/s1. The molecule has 2 atom stereocenters. The quantitative estimate of drug-likeness (QED) is 0.750. The molecule has 2 aromatic rings. The summed E-state index contributed by atoms with van der Waals surface area (Å²) >= 11 is 0. The lowest BCUT2D eigenvalue weighted by molar-refractivity contribution is -0.138. The van der Waals surface area contributed by atoms with Gasteiger partial charge in [0.2, 0.25) is 0 Å². The van der Waals surface area contributed by atoms with Crippen molar-refractivity contribution in [3.8, 4) is 12.1 Å². The predicted octanol–water partition coefficient (Wildman–Crippen LogP) is 4.17. The number of nitrogens with zero attached hydrogens (tertiary/aromatic N) is 4. The van der Waals surface area contributed by atoms with Gasteiger partial charge in [0.15, 0.2) is 0 Å². The molecule has 1 aliphatic rings.